The summed E-state index contributed by atoms with van der Waals surface area (Å²) in [7, 11) is 3.38. The van der Waals surface area contributed by atoms with E-state index in [0.717, 1.165) is 17.8 Å². The molecule has 1 N–H and O–H groups in total. The Morgan fingerprint density at radius 2 is 2.20 bits per heavy atom. The van der Waals surface area contributed by atoms with Gasteiger partial charge in [0.25, 0.3) is 0 Å². The van der Waals surface area contributed by atoms with Crippen LogP contribution in [0, 0.1) is 5.82 Å². The smallest absolute Gasteiger partial charge is 0.165 e. The van der Waals surface area contributed by atoms with Gasteiger partial charge in [-0.25, -0.2) is 4.39 Å². The van der Waals surface area contributed by atoms with E-state index in [1.807, 2.05) is 23.9 Å². The molecule has 0 fully saturated rings. The van der Waals surface area contributed by atoms with E-state index in [4.69, 9.17) is 4.74 Å². The largest absolute Gasteiger partial charge is 0.494 e. The number of ether oxygens (including phenoxy) is 1. The highest BCUT2D eigenvalue weighted by Gasteiger charge is 2.15. The number of halogens is 1. The van der Waals surface area contributed by atoms with Crippen molar-refractivity contribution in [3.05, 3.63) is 47.5 Å². The number of likely N-dealkylation sites (N-methyl/N-ethyl adjacent to an activating group) is 1. The molecule has 0 bridgehead atoms. The minimum absolute atomic E-state index is 0.111. The van der Waals surface area contributed by atoms with Crippen molar-refractivity contribution in [2.75, 3.05) is 13.7 Å². The first kappa shape index (κ1) is 14.5. The summed E-state index contributed by atoms with van der Waals surface area (Å²) in [5, 5.41) is 7.60. The van der Waals surface area contributed by atoms with Gasteiger partial charge in [0.2, 0.25) is 0 Å². The van der Waals surface area contributed by atoms with Crippen LogP contribution in [0.15, 0.2) is 30.5 Å². The molecule has 20 heavy (non-hydrogen) atoms. The van der Waals surface area contributed by atoms with Crippen LogP contribution in [0.5, 0.6) is 5.75 Å². The SMILES string of the molecule is CCNC(Cc1ccc(OC)c(F)c1)c1ccnn1C. The Morgan fingerprint density at radius 3 is 2.75 bits per heavy atom. The third-order valence-electron chi connectivity index (χ3n) is 3.32. The molecular formula is C15H20FN3O. The standard InChI is InChI=1S/C15H20FN3O/c1-4-17-13(14-7-8-18-19(14)2)10-11-5-6-15(20-3)12(16)9-11/h5-9,13,17H,4,10H2,1-3H3. The Kier molecular flexibility index (Phi) is 4.74. The number of hydrogen-bond donors (Lipinski definition) is 1. The van der Waals surface area contributed by atoms with Crippen LogP contribution in [0.25, 0.3) is 0 Å². The second-order valence-electron chi connectivity index (χ2n) is 4.66. The number of nitrogens with zero attached hydrogens (tertiary/aromatic N) is 2. The van der Waals surface area contributed by atoms with E-state index in [1.165, 1.54) is 13.2 Å². The van der Waals surface area contributed by atoms with Crippen LogP contribution in [-0.4, -0.2) is 23.4 Å². The first-order valence-corrected chi connectivity index (χ1v) is 6.69. The van der Waals surface area contributed by atoms with Gasteiger partial charge in [0.15, 0.2) is 11.6 Å². The highest BCUT2D eigenvalue weighted by Crippen LogP contribution is 2.22. The number of nitrogens with one attached hydrogen (secondary N) is 1. The molecule has 0 aliphatic rings. The molecule has 108 valence electrons. The molecule has 0 spiro atoms. The second kappa shape index (κ2) is 6.52. The van der Waals surface area contributed by atoms with E-state index in [2.05, 4.69) is 17.3 Å². The fourth-order valence-corrected chi connectivity index (χ4v) is 2.33. The van der Waals surface area contributed by atoms with Crippen LogP contribution in [0.3, 0.4) is 0 Å². The Morgan fingerprint density at radius 1 is 1.40 bits per heavy atom. The van der Waals surface area contributed by atoms with Crippen molar-refractivity contribution in [2.45, 2.75) is 19.4 Å². The van der Waals surface area contributed by atoms with Crippen LogP contribution in [0.1, 0.15) is 24.2 Å². The first-order valence-electron chi connectivity index (χ1n) is 6.69. The minimum atomic E-state index is -0.328. The molecule has 0 amide bonds. The molecule has 0 radical (unpaired) electrons. The van der Waals surface area contributed by atoms with Crippen LogP contribution >= 0.6 is 0 Å². The zero-order valence-electron chi connectivity index (χ0n) is 12.1. The molecule has 4 nitrogen and oxygen atoms in total. The molecule has 1 heterocycles. The molecule has 1 atom stereocenters. The molecule has 1 aromatic carbocycles. The lowest BCUT2D eigenvalue weighted by molar-refractivity contribution is 0.386. The summed E-state index contributed by atoms with van der Waals surface area (Å²) in [4.78, 5) is 0. The van der Waals surface area contributed by atoms with Gasteiger partial charge in [0.1, 0.15) is 0 Å². The van der Waals surface area contributed by atoms with Gasteiger partial charge < -0.3 is 10.1 Å². The molecule has 0 saturated carbocycles. The summed E-state index contributed by atoms with van der Waals surface area (Å²) >= 11 is 0. The van der Waals surface area contributed by atoms with Crippen molar-refractivity contribution in [3.63, 3.8) is 0 Å². The zero-order valence-corrected chi connectivity index (χ0v) is 12.1. The summed E-state index contributed by atoms with van der Waals surface area (Å²) < 4.78 is 20.5. The monoisotopic (exact) mass is 277 g/mol. The van der Waals surface area contributed by atoms with Crippen LogP contribution in [-0.2, 0) is 13.5 Å². The van der Waals surface area contributed by atoms with Crippen molar-refractivity contribution >= 4 is 0 Å². The lowest BCUT2D eigenvalue weighted by atomic mass is 10.0. The zero-order chi connectivity index (χ0) is 14.5. The van der Waals surface area contributed by atoms with Gasteiger partial charge in [-0.3, -0.25) is 4.68 Å². The molecule has 2 rings (SSSR count). The number of aryl methyl sites for hydroxylation is 1. The van der Waals surface area contributed by atoms with Gasteiger partial charge in [-0.1, -0.05) is 13.0 Å². The lowest BCUT2D eigenvalue weighted by Gasteiger charge is -2.18. The van der Waals surface area contributed by atoms with E-state index in [1.54, 1.807) is 12.3 Å². The average Bonchev–Trinajstić information content (AvgIpc) is 2.85. The third kappa shape index (κ3) is 3.17. The van der Waals surface area contributed by atoms with Gasteiger partial charge in [-0.2, -0.15) is 5.10 Å². The maximum Gasteiger partial charge on any atom is 0.165 e. The number of rotatable bonds is 6. The molecule has 2 aromatic rings. The quantitative estimate of drug-likeness (QED) is 0.881. The normalized spacial score (nSPS) is 12.4. The molecule has 0 aliphatic carbocycles. The molecule has 0 aliphatic heterocycles. The Balaban J connectivity index is 2.20. The molecular weight excluding hydrogens is 257 g/mol. The third-order valence-corrected chi connectivity index (χ3v) is 3.32. The predicted octanol–water partition coefficient (Wildman–Crippen LogP) is 2.46. The van der Waals surface area contributed by atoms with Gasteiger partial charge >= 0.3 is 0 Å². The van der Waals surface area contributed by atoms with E-state index in [-0.39, 0.29) is 17.6 Å². The summed E-state index contributed by atoms with van der Waals surface area (Å²) in [5.74, 6) is -0.0560. The van der Waals surface area contributed by atoms with Crippen molar-refractivity contribution in [3.8, 4) is 5.75 Å². The minimum Gasteiger partial charge on any atom is -0.494 e. The molecule has 1 aromatic heterocycles. The van der Waals surface area contributed by atoms with Crippen LogP contribution < -0.4 is 10.1 Å². The number of hydrogen-bond acceptors (Lipinski definition) is 3. The maximum atomic E-state index is 13.7. The van der Waals surface area contributed by atoms with Gasteiger partial charge in [-0.15, -0.1) is 0 Å². The van der Waals surface area contributed by atoms with Crippen LogP contribution in [0.4, 0.5) is 4.39 Å². The Bertz CT molecular complexity index is 568. The van der Waals surface area contributed by atoms with Crippen molar-refractivity contribution < 1.29 is 9.13 Å². The summed E-state index contributed by atoms with van der Waals surface area (Å²) in [6.07, 6.45) is 2.47. The summed E-state index contributed by atoms with van der Waals surface area (Å²) in [5.41, 5.74) is 2.01. The lowest BCUT2D eigenvalue weighted by Crippen LogP contribution is -2.25. The van der Waals surface area contributed by atoms with Crippen LogP contribution in [0.2, 0.25) is 0 Å². The van der Waals surface area contributed by atoms with Crippen molar-refractivity contribution in [2.24, 2.45) is 7.05 Å². The highest BCUT2D eigenvalue weighted by atomic mass is 19.1. The highest BCUT2D eigenvalue weighted by molar-refractivity contribution is 5.30. The first-order chi connectivity index (χ1) is 9.65. The van der Waals surface area contributed by atoms with E-state index >= 15 is 0 Å². The molecule has 0 saturated heterocycles. The Hall–Kier alpha value is -1.88. The number of aromatic nitrogens is 2. The van der Waals surface area contributed by atoms with Crippen molar-refractivity contribution in [1.82, 2.24) is 15.1 Å². The topological polar surface area (TPSA) is 39.1 Å². The number of benzene rings is 1. The van der Waals surface area contributed by atoms with E-state index in [9.17, 15) is 4.39 Å². The maximum absolute atomic E-state index is 13.7. The van der Waals surface area contributed by atoms with Gasteiger partial charge in [0.05, 0.1) is 18.8 Å². The van der Waals surface area contributed by atoms with E-state index < -0.39 is 0 Å². The summed E-state index contributed by atoms with van der Waals surface area (Å²) in [6, 6.07) is 7.17. The number of methoxy groups -OCH3 is 1. The second-order valence-corrected chi connectivity index (χ2v) is 4.66. The molecule has 1 unspecified atom stereocenters. The predicted molar refractivity (Wildman–Crippen MR) is 76.3 cm³/mol. The van der Waals surface area contributed by atoms with Gasteiger partial charge in [-0.05, 0) is 36.7 Å². The fourth-order valence-electron chi connectivity index (χ4n) is 2.33. The summed E-state index contributed by atoms with van der Waals surface area (Å²) in [6.45, 7) is 2.90. The Labute approximate surface area is 118 Å². The van der Waals surface area contributed by atoms with Crippen molar-refractivity contribution in [1.29, 1.82) is 0 Å². The van der Waals surface area contributed by atoms with E-state index in [0.29, 0.717) is 6.42 Å². The molecule has 5 heteroatoms. The van der Waals surface area contributed by atoms with Gasteiger partial charge in [0, 0.05) is 13.2 Å². The average molecular weight is 277 g/mol. The fraction of sp³-hybridized carbons (Fsp3) is 0.400.